The molecule has 0 aliphatic rings. The van der Waals surface area contributed by atoms with E-state index in [-0.39, 0.29) is 11.5 Å². The lowest BCUT2D eigenvalue weighted by molar-refractivity contribution is -0.0498. The lowest BCUT2D eigenvalue weighted by Gasteiger charge is -2.11. The number of aryl methyl sites for hydroxylation is 1. The summed E-state index contributed by atoms with van der Waals surface area (Å²) < 4.78 is 30.3. The van der Waals surface area contributed by atoms with Crippen molar-refractivity contribution in [1.82, 2.24) is 20.2 Å². The Morgan fingerprint density at radius 1 is 1.11 bits per heavy atom. The molecule has 0 radical (unpaired) electrons. The van der Waals surface area contributed by atoms with Crippen LogP contribution in [0.2, 0.25) is 0 Å². The fourth-order valence-corrected chi connectivity index (χ4v) is 3.23. The maximum absolute atomic E-state index is 12.6. The third-order valence-electron chi connectivity index (χ3n) is 3.73. The van der Waals surface area contributed by atoms with Gasteiger partial charge in [-0.1, -0.05) is 29.5 Å². The van der Waals surface area contributed by atoms with Crippen LogP contribution in [0.1, 0.15) is 22.8 Å². The second kappa shape index (κ2) is 8.26. The molecular formula is C18H16F2N4O2S. The number of halogens is 2. The maximum atomic E-state index is 12.6. The van der Waals surface area contributed by atoms with Gasteiger partial charge in [0.25, 0.3) is 0 Å². The van der Waals surface area contributed by atoms with Crippen LogP contribution in [0.15, 0.2) is 53.7 Å². The number of ketones is 1. The van der Waals surface area contributed by atoms with E-state index in [0.717, 1.165) is 11.3 Å². The highest BCUT2D eigenvalue weighted by atomic mass is 32.2. The number of tetrazole rings is 1. The number of aromatic nitrogens is 4. The molecule has 0 fully saturated rings. The zero-order valence-corrected chi connectivity index (χ0v) is 15.4. The molecular weight excluding hydrogens is 374 g/mol. The molecule has 9 heteroatoms. The van der Waals surface area contributed by atoms with E-state index in [9.17, 15) is 13.6 Å². The van der Waals surface area contributed by atoms with Gasteiger partial charge >= 0.3 is 6.61 Å². The molecule has 1 atom stereocenters. The van der Waals surface area contributed by atoms with E-state index in [4.69, 9.17) is 0 Å². The number of benzene rings is 2. The number of ether oxygens (including phenoxy) is 1. The minimum atomic E-state index is -2.90. The van der Waals surface area contributed by atoms with Crippen molar-refractivity contribution < 1.29 is 18.3 Å². The van der Waals surface area contributed by atoms with Gasteiger partial charge in [0.05, 0.1) is 10.9 Å². The predicted octanol–water partition coefficient (Wildman–Crippen LogP) is 3.94. The number of carbonyl (C=O) groups excluding carboxylic acids is 1. The summed E-state index contributed by atoms with van der Waals surface area (Å²) in [6, 6.07) is 13.3. The van der Waals surface area contributed by atoms with Gasteiger partial charge in [-0.3, -0.25) is 4.79 Å². The number of rotatable bonds is 7. The molecule has 0 spiro atoms. The van der Waals surface area contributed by atoms with Gasteiger partial charge in [0.1, 0.15) is 5.75 Å². The van der Waals surface area contributed by atoms with Crippen molar-refractivity contribution in [3.8, 4) is 11.4 Å². The quantitative estimate of drug-likeness (QED) is 0.450. The van der Waals surface area contributed by atoms with Crippen LogP contribution in [0.3, 0.4) is 0 Å². The summed E-state index contributed by atoms with van der Waals surface area (Å²) >= 11 is 1.22. The minimum Gasteiger partial charge on any atom is -0.435 e. The zero-order valence-electron chi connectivity index (χ0n) is 14.5. The molecule has 0 amide bonds. The fourth-order valence-electron chi connectivity index (χ4n) is 2.35. The van der Waals surface area contributed by atoms with Crippen molar-refractivity contribution in [3.63, 3.8) is 0 Å². The molecule has 0 saturated heterocycles. The normalized spacial score (nSPS) is 12.2. The summed E-state index contributed by atoms with van der Waals surface area (Å²) in [6.45, 7) is 0.823. The largest absolute Gasteiger partial charge is 0.435 e. The molecule has 1 aromatic heterocycles. The summed E-state index contributed by atoms with van der Waals surface area (Å²) in [6.07, 6.45) is 0. The molecule has 0 saturated carbocycles. The van der Waals surface area contributed by atoms with Gasteiger partial charge in [0.2, 0.25) is 5.16 Å². The molecule has 2 aromatic carbocycles. The van der Waals surface area contributed by atoms with E-state index in [2.05, 4.69) is 20.3 Å². The first-order valence-corrected chi connectivity index (χ1v) is 8.93. The number of hydrogen-bond donors (Lipinski definition) is 0. The first kappa shape index (κ1) is 19.0. The van der Waals surface area contributed by atoms with E-state index >= 15 is 0 Å². The molecule has 0 bridgehead atoms. The molecule has 27 heavy (non-hydrogen) atoms. The number of hydrogen-bond acceptors (Lipinski definition) is 6. The highest BCUT2D eigenvalue weighted by Gasteiger charge is 2.20. The fraction of sp³-hybridized carbons (Fsp3) is 0.222. The summed E-state index contributed by atoms with van der Waals surface area (Å²) in [7, 11) is 0. The lowest BCUT2D eigenvalue weighted by atomic mass is 10.1. The zero-order chi connectivity index (χ0) is 19.4. The highest BCUT2D eigenvalue weighted by molar-refractivity contribution is 8.00. The van der Waals surface area contributed by atoms with Gasteiger partial charge in [-0.25, -0.2) is 0 Å². The SMILES string of the molecule is Cc1ccc(-n2nnnc2S[C@H](C)C(=O)c2ccc(OC(F)F)cc2)cc1. The van der Waals surface area contributed by atoms with E-state index in [0.29, 0.717) is 10.7 Å². The molecule has 6 nitrogen and oxygen atoms in total. The van der Waals surface area contributed by atoms with E-state index in [1.165, 1.54) is 36.0 Å². The second-order valence-electron chi connectivity index (χ2n) is 5.74. The van der Waals surface area contributed by atoms with Crippen molar-refractivity contribution in [1.29, 1.82) is 0 Å². The van der Waals surface area contributed by atoms with Crippen molar-refractivity contribution in [2.45, 2.75) is 30.9 Å². The van der Waals surface area contributed by atoms with Crippen molar-refractivity contribution in [3.05, 3.63) is 59.7 Å². The number of thioether (sulfide) groups is 1. The van der Waals surface area contributed by atoms with Crippen LogP contribution in [0.5, 0.6) is 5.75 Å². The summed E-state index contributed by atoms with van der Waals surface area (Å²) in [5.41, 5.74) is 2.30. The molecule has 140 valence electrons. The Balaban J connectivity index is 1.72. The van der Waals surface area contributed by atoms with Crippen LogP contribution in [-0.2, 0) is 0 Å². The lowest BCUT2D eigenvalue weighted by Crippen LogP contribution is -2.15. The monoisotopic (exact) mass is 390 g/mol. The maximum Gasteiger partial charge on any atom is 0.387 e. The van der Waals surface area contributed by atoms with Crippen LogP contribution in [0, 0.1) is 6.92 Å². The highest BCUT2D eigenvalue weighted by Crippen LogP contribution is 2.26. The number of carbonyl (C=O) groups is 1. The number of alkyl halides is 2. The predicted molar refractivity (Wildman–Crippen MR) is 96.6 cm³/mol. The van der Waals surface area contributed by atoms with Gasteiger partial charge < -0.3 is 4.74 Å². The number of nitrogens with zero attached hydrogens (tertiary/aromatic N) is 4. The second-order valence-corrected chi connectivity index (χ2v) is 7.04. The average molecular weight is 390 g/mol. The van der Waals surface area contributed by atoms with Crippen LogP contribution in [0.25, 0.3) is 5.69 Å². The molecule has 0 N–H and O–H groups in total. The smallest absolute Gasteiger partial charge is 0.387 e. The number of Topliss-reactive ketones (excluding diaryl/α,β-unsaturated/α-hetero) is 1. The first-order chi connectivity index (χ1) is 12.9. The van der Waals surface area contributed by atoms with Crippen molar-refractivity contribution in [2.24, 2.45) is 0 Å². The van der Waals surface area contributed by atoms with Crippen molar-refractivity contribution in [2.75, 3.05) is 0 Å². The Kier molecular flexibility index (Phi) is 5.80. The molecule has 3 aromatic rings. The van der Waals surface area contributed by atoms with Gasteiger partial charge in [0, 0.05) is 5.56 Å². The van der Waals surface area contributed by atoms with Crippen LogP contribution in [-0.4, -0.2) is 37.9 Å². The Hall–Kier alpha value is -2.81. The summed E-state index contributed by atoms with van der Waals surface area (Å²) in [5.74, 6) is -0.160. The van der Waals surface area contributed by atoms with Crippen LogP contribution < -0.4 is 4.74 Å². The van der Waals surface area contributed by atoms with Crippen LogP contribution >= 0.6 is 11.8 Å². The van der Waals surface area contributed by atoms with Gasteiger partial charge in [-0.05, 0) is 60.7 Å². The molecule has 0 aliphatic heterocycles. The van der Waals surface area contributed by atoms with Crippen LogP contribution in [0.4, 0.5) is 8.78 Å². The van der Waals surface area contributed by atoms with E-state index in [1.807, 2.05) is 31.2 Å². The molecule has 0 aliphatic carbocycles. The third-order valence-corrected chi connectivity index (χ3v) is 4.77. The molecule has 1 heterocycles. The summed E-state index contributed by atoms with van der Waals surface area (Å²) in [5, 5.41) is 11.7. The van der Waals surface area contributed by atoms with Gasteiger partial charge in [0.15, 0.2) is 5.78 Å². The Morgan fingerprint density at radius 3 is 2.41 bits per heavy atom. The molecule has 0 unspecified atom stereocenters. The standard InChI is InChI=1S/C18H16F2N4O2S/c1-11-3-7-14(8-4-11)24-18(21-22-23-24)27-12(2)16(25)13-5-9-15(10-6-13)26-17(19)20/h3-10,12,17H,1-2H3/t12-/m1/s1. The Labute approximate surface area is 158 Å². The van der Waals surface area contributed by atoms with Gasteiger partial charge in [-0.15, -0.1) is 5.10 Å². The summed E-state index contributed by atoms with van der Waals surface area (Å²) in [4.78, 5) is 12.6. The topological polar surface area (TPSA) is 69.9 Å². The van der Waals surface area contributed by atoms with E-state index in [1.54, 1.807) is 11.6 Å². The van der Waals surface area contributed by atoms with Crippen molar-refractivity contribution >= 4 is 17.5 Å². The Bertz CT molecular complexity index is 914. The van der Waals surface area contributed by atoms with Gasteiger partial charge in [-0.2, -0.15) is 13.5 Å². The first-order valence-electron chi connectivity index (χ1n) is 8.05. The third kappa shape index (κ3) is 4.68. The Morgan fingerprint density at radius 2 is 1.78 bits per heavy atom. The molecule has 3 rings (SSSR count). The average Bonchev–Trinajstić information content (AvgIpc) is 3.10. The minimum absolute atomic E-state index is 0.00479. The van der Waals surface area contributed by atoms with E-state index < -0.39 is 11.9 Å².